The van der Waals surface area contributed by atoms with Crippen molar-refractivity contribution >= 4 is 25.8 Å². The number of nitrogens with zero attached hydrogens (tertiary/aromatic N) is 1. The van der Waals surface area contributed by atoms with Crippen LogP contribution in [-0.2, 0) is 0 Å². The van der Waals surface area contributed by atoms with Gasteiger partial charge in [-0.15, -0.1) is 9.24 Å². The number of allylic oxidation sites excluding steroid dienone is 6. The van der Waals surface area contributed by atoms with Gasteiger partial charge in [-0.05, 0) is 73.1 Å². The van der Waals surface area contributed by atoms with Gasteiger partial charge in [0, 0.05) is 48.9 Å². The number of hydrogen-bond donors (Lipinski definition) is 2. The number of hydrogen-bond acceptors (Lipinski definition) is 3. The summed E-state index contributed by atoms with van der Waals surface area (Å²) in [5, 5.41) is 8.11. The zero-order chi connectivity index (χ0) is 19.7. The molecule has 142 valence electrons. The second kappa shape index (κ2) is 7.88. The fourth-order valence-corrected chi connectivity index (χ4v) is 4.40. The predicted octanol–water partition coefficient (Wildman–Crippen LogP) is 4.13. The van der Waals surface area contributed by atoms with Crippen LogP contribution in [0.4, 0.5) is 5.69 Å². The molecule has 3 nitrogen and oxygen atoms in total. The van der Waals surface area contributed by atoms with Crippen LogP contribution in [0.25, 0.3) is 5.57 Å². The third-order valence-electron chi connectivity index (χ3n) is 5.11. The molecule has 0 radical (unpaired) electrons. The summed E-state index contributed by atoms with van der Waals surface area (Å²) in [6.45, 7) is 12.6. The molecule has 0 amide bonds. The summed E-state index contributed by atoms with van der Waals surface area (Å²) >= 11 is 0. The highest BCUT2D eigenvalue weighted by atomic mass is 31.0. The van der Waals surface area contributed by atoms with Gasteiger partial charge in [-0.2, -0.15) is 0 Å². The van der Waals surface area contributed by atoms with Crippen molar-refractivity contribution in [2.75, 3.05) is 32.5 Å². The molecule has 27 heavy (non-hydrogen) atoms. The molecule has 0 saturated carbocycles. The van der Waals surface area contributed by atoms with Crippen LogP contribution >= 0.6 is 9.24 Å². The lowest BCUT2D eigenvalue weighted by Crippen LogP contribution is -2.26. The van der Waals surface area contributed by atoms with Crippen LogP contribution < -0.4 is 15.9 Å². The molecule has 0 bridgehead atoms. The Morgan fingerprint density at radius 3 is 2.78 bits per heavy atom. The third kappa shape index (κ3) is 3.81. The fraction of sp³-hybridized carbons (Fsp3) is 0.304. The van der Waals surface area contributed by atoms with Gasteiger partial charge in [-0.25, -0.2) is 0 Å². The molecule has 2 N–H and O–H groups in total. The van der Waals surface area contributed by atoms with Gasteiger partial charge in [0.15, 0.2) is 0 Å². The van der Waals surface area contributed by atoms with Crippen molar-refractivity contribution < 1.29 is 0 Å². The summed E-state index contributed by atoms with van der Waals surface area (Å²) in [7, 11) is 6.98. The molecule has 4 heteroatoms. The predicted molar refractivity (Wildman–Crippen MR) is 122 cm³/mol. The number of rotatable bonds is 3. The molecule has 3 rings (SSSR count). The molecule has 0 fully saturated rings. The summed E-state index contributed by atoms with van der Waals surface area (Å²) in [6.07, 6.45) is 6.64. The van der Waals surface area contributed by atoms with Crippen LogP contribution in [0.5, 0.6) is 0 Å². The number of likely N-dealkylation sites (N-methyl/N-ethyl adjacent to an activating group) is 2. The topological polar surface area (TPSA) is 27.3 Å². The highest BCUT2D eigenvalue weighted by Gasteiger charge is 2.27. The molecule has 0 spiro atoms. The van der Waals surface area contributed by atoms with Crippen LogP contribution in [0, 0.1) is 6.92 Å². The molecule has 0 saturated heterocycles. The lowest BCUT2D eigenvalue weighted by Gasteiger charge is -2.33. The van der Waals surface area contributed by atoms with Crippen LogP contribution in [0.3, 0.4) is 0 Å². The van der Waals surface area contributed by atoms with Crippen LogP contribution in [0.1, 0.15) is 25.0 Å². The molecule has 2 aliphatic rings. The first-order valence-electron chi connectivity index (χ1n) is 9.36. The number of aryl methyl sites for hydroxylation is 1. The Balaban J connectivity index is 2.35. The van der Waals surface area contributed by atoms with E-state index in [0.29, 0.717) is 0 Å². The van der Waals surface area contributed by atoms with Gasteiger partial charge in [0.2, 0.25) is 0 Å². The normalized spacial score (nSPS) is 19.4. The molecule has 0 aliphatic carbocycles. The van der Waals surface area contributed by atoms with Crippen molar-refractivity contribution in [2.45, 2.75) is 20.8 Å². The van der Waals surface area contributed by atoms with Gasteiger partial charge in [-0.1, -0.05) is 18.7 Å². The molecule has 2 heterocycles. The van der Waals surface area contributed by atoms with E-state index < -0.39 is 0 Å². The van der Waals surface area contributed by atoms with E-state index in [4.69, 9.17) is 0 Å². The van der Waals surface area contributed by atoms with Gasteiger partial charge in [0.05, 0.1) is 0 Å². The molecular formula is C23H30N3P. The van der Waals surface area contributed by atoms with Crippen LogP contribution in [-0.4, -0.2) is 32.1 Å². The molecular weight excluding hydrogens is 349 g/mol. The van der Waals surface area contributed by atoms with E-state index in [9.17, 15) is 0 Å². The van der Waals surface area contributed by atoms with E-state index in [1.54, 1.807) is 0 Å². The molecule has 1 unspecified atom stereocenters. The average molecular weight is 379 g/mol. The van der Waals surface area contributed by atoms with E-state index in [1.807, 2.05) is 7.05 Å². The van der Waals surface area contributed by atoms with Crippen molar-refractivity contribution in [1.29, 1.82) is 0 Å². The number of anilines is 1. The number of benzene rings is 1. The largest absolute Gasteiger partial charge is 0.376 e. The maximum absolute atomic E-state index is 4.43. The zero-order valence-corrected chi connectivity index (χ0v) is 18.2. The number of fused-ring (bicyclic) bond motifs is 3. The second-order valence-corrected chi connectivity index (χ2v) is 8.06. The first kappa shape index (κ1) is 19.7. The van der Waals surface area contributed by atoms with Gasteiger partial charge in [0.1, 0.15) is 0 Å². The monoisotopic (exact) mass is 379 g/mol. The Bertz CT molecular complexity index is 916. The lowest BCUT2D eigenvalue weighted by molar-refractivity contribution is 0.492. The summed E-state index contributed by atoms with van der Waals surface area (Å²) in [5.74, 6) is 0. The SMILES string of the molecule is C=C1/C=C(/C)Nc2c(C)cc(P)cc2C2=CN(C)CC(/C(=C/C)CNC)=C12. The highest BCUT2D eigenvalue weighted by Crippen LogP contribution is 2.42. The van der Waals surface area contributed by atoms with Crippen molar-refractivity contribution in [1.82, 2.24) is 10.2 Å². The maximum atomic E-state index is 4.43. The first-order valence-corrected chi connectivity index (χ1v) is 9.94. The van der Waals surface area contributed by atoms with Crippen molar-refractivity contribution in [3.8, 4) is 0 Å². The Labute approximate surface area is 165 Å². The van der Waals surface area contributed by atoms with Gasteiger partial charge < -0.3 is 15.5 Å². The molecule has 0 aromatic heterocycles. The van der Waals surface area contributed by atoms with Crippen LogP contribution in [0.15, 0.2) is 65.1 Å². The Morgan fingerprint density at radius 1 is 1.37 bits per heavy atom. The molecule has 1 atom stereocenters. The smallest absolute Gasteiger partial charge is 0.0492 e. The second-order valence-electron chi connectivity index (χ2n) is 7.39. The molecule has 1 aromatic rings. The molecule has 1 aromatic carbocycles. The van der Waals surface area contributed by atoms with Gasteiger partial charge in [-0.3, -0.25) is 0 Å². The lowest BCUT2D eigenvalue weighted by atomic mass is 9.82. The molecule has 2 aliphatic heterocycles. The van der Waals surface area contributed by atoms with Crippen molar-refractivity contribution in [3.63, 3.8) is 0 Å². The Kier molecular flexibility index (Phi) is 5.74. The average Bonchev–Trinajstić information content (AvgIpc) is 2.59. The van der Waals surface area contributed by atoms with E-state index in [-0.39, 0.29) is 0 Å². The maximum Gasteiger partial charge on any atom is 0.0492 e. The zero-order valence-electron chi connectivity index (χ0n) is 17.0. The quantitative estimate of drug-likeness (QED) is 0.774. The summed E-state index contributed by atoms with van der Waals surface area (Å²) in [4.78, 5) is 2.27. The Morgan fingerprint density at radius 2 is 2.11 bits per heavy atom. The minimum Gasteiger partial charge on any atom is -0.376 e. The minimum absolute atomic E-state index is 0.847. The first-order chi connectivity index (χ1) is 12.8. The summed E-state index contributed by atoms with van der Waals surface area (Å²) in [6, 6.07) is 4.46. The van der Waals surface area contributed by atoms with E-state index in [2.05, 4.69) is 89.7 Å². The van der Waals surface area contributed by atoms with E-state index >= 15 is 0 Å². The highest BCUT2D eigenvalue weighted by molar-refractivity contribution is 7.27. The summed E-state index contributed by atoms with van der Waals surface area (Å²) < 4.78 is 0. The van der Waals surface area contributed by atoms with Crippen molar-refractivity contribution in [3.05, 3.63) is 76.2 Å². The third-order valence-corrected chi connectivity index (χ3v) is 5.45. The van der Waals surface area contributed by atoms with E-state index in [1.165, 1.54) is 44.4 Å². The standard InChI is InChI=1S/C23H30N3P/c1-7-17(11-24-5)20-12-26(6)13-21-19-10-18(27)9-15(3)23(19)25-16(4)8-14(2)22(20)21/h7-10,13,24-25H,2,11-12,27H2,1,3-6H3/b16-8-,17-7+. The van der Waals surface area contributed by atoms with E-state index in [0.717, 1.165) is 24.4 Å². The van der Waals surface area contributed by atoms with Gasteiger partial charge >= 0.3 is 0 Å². The van der Waals surface area contributed by atoms with Gasteiger partial charge in [0.25, 0.3) is 0 Å². The fourth-order valence-electron chi connectivity index (χ4n) is 3.99. The number of nitrogens with one attached hydrogen (secondary N) is 2. The minimum atomic E-state index is 0.847. The van der Waals surface area contributed by atoms with Crippen LogP contribution in [0.2, 0.25) is 0 Å². The Hall–Kier alpha value is -2.09. The van der Waals surface area contributed by atoms with Crippen molar-refractivity contribution in [2.24, 2.45) is 0 Å². The summed E-state index contributed by atoms with van der Waals surface area (Å²) in [5.41, 5.74) is 11.0.